The summed E-state index contributed by atoms with van der Waals surface area (Å²) >= 11 is 0. The van der Waals surface area contributed by atoms with Gasteiger partial charge in [-0.1, -0.05) is 0 Å². The maximum absolute atomic E-state index is 13.5. The first-order chi connectivity index (χ1) is 7.72. The van der Waals surface area contributed by atoms with Crippen LogP contribution in [0.2, 0.25) is 0 Å². The Kier molecular flexibility index (Phi) is 2.93. The Morgan fingerprint density at radius 2 is 2.38 bits per heavy atom. The number of nitriles is 1. The van der Waals surface area contributed by atoms with Crippen LogP contribution in [-0.2, 0) is 4.74 Å². The van der Waals surface area contributed by atoms with Gasteiger partial charge in [0, 0.05) is 13.2 Å². The van der Waals surface area contributed by atoms with Gasteiger partial charge >= 0.3 is 0 Å². The van der Waals surface area contributed by atoms with Gasteiger partial charge < -0.3 is 15.8 Å². The summed E-state index contributed by atoms with van der Waals surface area (Å²) in [6, 6.07) is 4.76. The number of halogens is 1. The third-order valence-electron chi connectivity index (χ3n) is 2.61. The second-order valence-electron chi connectivity index (χ2n) is 3.66. The number of nitrogens with two attached hydrogens (primary N) is 1. The van der Waals surface area contributed by atoms with Crippen molar-refractivity contribution in [2.75, 3.05) is 24.2 Å². The lowest BCUT2D eigenvalue weighted by Crippen LogP contribution is -2.33. The Morgan fingerprint density at radius 3 is 2.94 bits per heavy atom. The summed E-state index contributed by atoms with van der Waals surface area (Å²) in [6.45, 7) is 1.39. The molecule has 0 unspecified atom stereocenters. The Balaban J connectivity index is 2.09. The van der Waals surface area contributed by atoms with E-state index in [2.05, 4.69) is 5.32 Å². The molecular weight excluding hydrogens is 209 g/mol. The van der Waals surface area contributed by atoms with Crippen molar-refractivity contribution in [2.45, 2.75) is 12.5 Å². The van der Waals surface area contributed by atoms with Gasteiger partial charge in [0.05, 0.1) is 23.0 Å². The number of hydrogen-bond donors (Lipinski definition) is 2. The van der Waals surface area contributed by atoms with Crippen molar-refractivity contribution in [1.82, 2.24) is 0 Å². The molecule has 1 atom stereocenters. The number of anilines is 2. The second-order valence-corrected chi connectivity index (χ2v) is 3.66. The van der Waals surface area contributed by atoms with Crippen molar-refractivity contribution in [3.8, 4) is 6.07 Å². The minimum Gasteiger partial charge on any atom is -0.395 e. The lowest BCUT2D eigenvalue weighted by molar-refractivity contribution is -0.0410. The third kappa shape index (κ3) is 1.92. The maximum Gasteiger partial charge on any atom is 0.165 e. The third-order valence-corrected chi connectivity index (χ3v) is 2.61. The van der Waals surface area contributed by atoms with Crippen LogP contribution in [0, 0.1) is 17.1 Å². The lowest BCUT2D eigenvalue weighted by Gasteiger charge is -2.27. The average Bonchev–Trinajstić information content (AvgIpc) is 2.22. The molecule has 0 spiro atoms. The molecule has 5 heteroatoms. The molecule has 1 aliphatic heterocycles. The number of hydrogen-bond acceptors (Lipinski definition) is 4. The highest BCUT2D eigenvalue weighted by Gasteiger charge is 2.18. The standard InChI is InChI=1S/C11H12FN3O/c12-10-7(5-13)1-2-9(11(10)14)15-6-8-3-4-16-8/h1-2,8,15H,3-4,6,14H2/t8-/m0/s1. The highest BCUT2D eigenvalue weighted by molar-refractivity contribution is 5.69. The van der Waals surface area contributed by atoms with Crippen molar-refractivity contribution in [1.29, 1.82) is 5.26 Å². The van der Waals surface area contributed by atoms with Gasteiger partial charge in [-0.25, -0.2) is 4.39 Å². The van der Waals surface area contributed by atoms with E-state index < -0.39 is 5.82 Å². The summed E-state index contributed by atoms with van der Waals surface area (Å²) in [7, 11) is 0. The smallest absolute Gasteiger partial charge is 0.165 e. The molecule has 0 aromatic heterocycles. The summed E-state index contributed by atoms with van der Waals surface area (Å²) in [5, 5.41) is 11.6. The number of nitrogens with zero attached hydrogens (tertiary/aromatic N) is 1. The van der Waals surface area contributed by atoms with Gasteiger partial charge in [-0.05, 0) is 18.6 Å². The Labute approximate surface area is 92.8 Å². The number of nitrogen functional groups attached to an aromatic ring is 1. The number of rotatable bonds is 3. The average molecular weight is 221 g/mol. The van der Waals surface area contributed by atoms with Crippen LogP contribution >= 0.6 is 0 Å². The quantitative estimate of drug-likeness (QED) is 0.758. The molecular formula is C11H12FN3O. The first kappa shape index (κ1) is 10.7. The fourth-order valence-electron chi connectivity index (χ4n) is 1.50. The van der Waals surface area contributed by atoms with Gasteiger partial charge in [0.25, 0.3) is 0 Å². The van der Waals surface area contributed by atoms with Gasteiger partial charge in [-0.2, -0.15) is 5.26 Å². The number of nitrogens with one attached hydrogen (secondary N) is 1. The predicted octanol–water partition coefficient (Wildman–Crippen LogP) is 1.48. The van der Waals surface area contributed by atoms with Crippen LogP contribution in [0.25, 0.3) is 0 Å². The van der Waals surface area contributed by atoms with Gasteiger partial charge in [-0.3, -0.25) is 0 Å². The molecule has 1 saturated heterocycles. The Hall–Kier alpha value is -1.80. The fraction of sp³-hybridized carbons (Fsp3) is 0.364. The minimum atomic E-state index is -0.665. The molecule has 0 amide bonds. The monoisotopic (exact) mass is 221 g/mol. The van der Waals surface area contributed by atoms with Gasteiger partial charge in [-0.15, -0.1) is 0 Å². The van der Waals surface area contributed by atoms with E-state index in [0.29, 0.717) is 12.2 Å². The van der Waals surface area contributed by atoms with Crippen molar-refractivity contribution in [3.05, 3.63) is 23.5 Å². The summed E-state index contributed by atoms with van der Waals surface area (Å²) in [5.74, 6) is -0.665. The predicted molar refractivity (Wildman–Crippen MR) is 58.4 cm³/mol. The fourth-order valence-corrected chi connectivity index (χ4v) is 1.50. The van der Waals surface area contributed by atoms with Crippen LogP contribution in [0.3, 0.4) is 0 Å². The topological polar surface area (TPSA) is 71.1 Å². The van der Waals surface area contributed by atoms with Crippen molar-refractivity contribution in [3.63, 3.8) is 0 Å². The zero-order valence-corrected chi connectivity index (χ0v) is 8.66. The first-order valence-electron chi connectivity index (χ1n) is 5.06. The van der Waals surface area contributed by atoms with Crippen LogP contribution in [-0.4, -0.2) is 19.3 Å². The zero-order chi connectivity index (χ0) is 11.5. The van der Waals surface area contributed by atoms with Crippen LogP contribution in [0.15, 0.2) is 12.1 Å². The van der Waals surface area contributed by atoms with Gasteiger partial charge in [0.2, 0.25) is 0 Å². The van der Waals surface area contributed by atoms with Crippen molar-refractivity contribution < 1.29 is 9.13 Å². The first-order valence-corrected chi connectivity index (χ1v) is 5.06. The summed E-state index contributed by atoms with van der Waals surface area (Å²) in [5.41, 5.74) is 6.03. The van der Waals surface area contributed by atoms with Gasteiger partial charge in [0.1, 0.15) is 6.07 Å². The molecule has 4 nitrogen and oxygen atoms in total. The van der Waals surface area contributed by atoms with Crippen molar-refractivity contribution >= 4 is 11.4 Å². The molecule has 3 N–H and O–H groups in total. The van der Waals surface area contributed by atoms with E-state index in [9.17, 15) is 4.39 Å². The zero-order valence-electron chi connectivity index (χ0n) is 8.66. The summed E-state index contributed by atoms with van der Waals surface area (Å²) in [4.78, 5) is 0. The Bertz CT molecular complexity index is 438. The molecule has 1 aliphatic rings. The highest BCUT2D eigenvalue weighted by atomic mass is 19.1. The van der Waals surface area contributed by atoms with E-state index >= 15 is 0 Å². The molecule has 1 aromatic carbocycles. The number of benzene rings is 1. The van der Waals surface area contributed by atoms with E-state index in [-0.39, 0.29) is 17.4 Å². The SMILES string of the molecule is N#Cc1ccc(NC[C@@H]2CCO2)c(N)c1F. The molecule has 0 radical (unpaired) electrons. The molecule has 84 valence electrons. The molecule has 1 fully saturated rings. The molecule has 0 bridgehead atoms. The van der Waals surface area contributed by atoms with E-state index in [1.807, 2.05) is 0 Å². The van der Waals surface area contributed by atoms with Crippen LogP contribution in [0.5, 0.6) is 0 Å². The molecule has 1 heterocycles. The van der Waals surface area contributed by atoms with Crippen LogP contribution in [0.4, 0.5) is 15.8 Å². The van der Waals surface area contributed by atoms with Gasteiger partial charge in [0.15, 0.2) is 5.82 Å². The second kappa shape index (κ2) is 4.37. The number of ether oxygens (including phenoxy) is 1. The van der Waals surface area contributed by atoms with Crippen molar-refractivity contribution in [2.24, 2.45) is 0 Å². The molecule has 0 aliphatic carbocycles. The van der Waals surface area contributed by atoms with E-state index in [1.165, 1.54) is 6.07 Å². The molecule has 2 rings (SSSR count). The highest BCUT2D eigenvalue weighted by Crippen LogP contribution is 2.25. The van der Waals surface area contributed by atoms with E-state index in [0.717, 1.165) is 13.0 Å². The Morgan fingerprint density at radius 1 is 1.62 bits per heavy atom. The maximum atomic E-state index is 13.5. The minimum absolute atomic E-state index is 0.0154. The molecule has 16 heavy (non-hydrogen) atoms. The van der Waals surface area contributed by atoms with E-state index in [1.54, 1.807) is 12.1 Å². The largest absolute Gasteiger partial charge is 0.395 e. The lowest BCUT2D eigenvalue weighted by atomic mass is 10.1. The van der Waals surface area contributed by atoms with Crippen LogP contribution < -0.4 is 11.1 Å². The molecule has 1 aromatic rings. The summed E-state index contributed by atoms with van der Waals surface area (Å²) < 4.78 is 18.7. The van der Waals surface area contributed by atoms with E-state index in [4.69, 9.17) is 15.7 Å². The summed E-state index contributed by atoms with van der Waals surface area (Å²) in [6.07, 6.45) is 1.18. The molecule has 0 saturated carbocycles. The normalized spacial score (nSPS) is 18.6. The van der Waals surface area contributed by atoms with Crippen LogP contribution in [0.1, 0.15) is 12.0 Å².